The van der Waals surface area contributed by atoms with Gasteiger partial charge in [-0.2, -0.15) is 4.98 Å². The van der Waals surface area contributed by atoms with Crippen molar-refractivity contribution in [2.24, 2.45) is 0 Å². The van der Waals surface area contributed by atoms with Crippen LogP contribution in [0.1, 0.15) is 38.9 Å². The Bertz CT molecular complexity index is 378. The molecule has 6 heteroatoms. The molecule has 0 spiro atoms. The minimum absolute atomic E-state index is 0.0219. The van der Waals surface area contributed by atoms with Crippen molar-refractivity contribution in [1.82, 2.24) is 20.8 Å². The molecule has 2 atom stereocenters. The molecule has 1 amide bonds. The summed E-state index contributed by atoms with van der Waals surface area (Å²) in [7, 11) is 0. The highest BCUT2D eigenvalue weighted by Gasteiger charge is 2.13. The highest BCUT2D eigenvalue weighted by Crippen LogP contribution is 1.95. The summed E-state index contributed by atoms with van der Waals surface area (Å²) in [5.41, 5.74) is 0. The summed E-state index contributed by atoms with van der Waals surface area (Å²) in [6.07, 6.45) is 1.58. The molecule has 1 rings (SSSR count). The van der Waals surface area contributed by atoms with Gasteiger partial charge in [-0.25, -0.2) is 0 Å². The summed E-state index contributed by atoms with van der Waals surface area (Å²) in [4.78, 5) is 15.8. The lowest BCUT2D eigenvalue weighted by Gasteiger charge is -2.17. The van der Waals surface area contributed by atoms with Crippen LogP contribution < -0.4 is 10.6 Å². The van der Waals surface area contributed by atoms with Crippen LogP contribution in [0, 0.1) is 6.92 Å². The van der Waals surface area contributed by atoms with Crippen LogP contribution in [0.15, 0.2) is 4.52 Å². The topological polar surface area (TPSA) is 80.0 Å². The Morgan fingerprint density at radius 3 is 2.72 bits per heavy atom. The van der Waals surface area contributed by atoms with Crippen LogP contribution in [0.2, 0.25) is 0 Å². The average molecular weight is 254 g/mol. The molecule has 2 N–H and O–H groups in total. The Morgan fingerprint density at radius 1 is 1.44 bits per heavy atom. The second-order valence-corrected chi connectivity index (χ2v) is 4.47. The van der Waals surface area contributed by atoms with Gasteiger partial charge >= 0.3 is 0 Å². The van der Waals surface area contributed by atoms with Gasteiger partial charge in [0, 0.05) is 25.9 Å². The Labute approximate surface area is 108 Å². The van der Waals surface area contributed by atoms with Crippen LogP contribution in [0.4, 0.5) is 0 Å². The molecule has 0 saturated carbocycles. The first-order valence-electron chi connectivity index (χ1n) is 6.35. The minimum Gasteiger partial charge on any atom is -0.352 e. The summed E-state index contributed by atoms with van der Waals surface area (Å²) in [6, 6.07) is -0.00592. The average Bonchev–Trinajstić information content (AvgIpc) is 2.74. The molecule has 0 fully saturated rings. The van der Waals surface area contributed by atoms with Crippen molar-refractivity contribution < 1.29 is 9.32 Å². The molecule has 1 aromatic rings. The fourth-order valence-electron chi connectivity index (χ4n) is 1.41. The van der Waals surface area contributed by atoms with Gasteiger partial charge in [-0.05, 0) is 20.3 Å². The van der Waals surface area contributed by atoms with E-state index in [9.17, 15) is 4.79 Å². The van der Waals surface area contributed by atoms with E-state index in [1.165, 1.54) is 0 Å². The summed E-state index contributed by atoms with van der Waals surface area (Å²) in [5, 5.41) is 9.86. The highest BCUT2D eigenvalue weighted by molar-refractivity contribution is 5.81. The molecule has 6 nitrogen and oxygen atoms in total. The lowest BCUT2D eigenvalue weighted by Crippen LogP contribution is -2.45. The van der Waals surface area contributed by atoms with E-state index in [1.54, 1.807) is 6.92 Å². The second-order valence-electron chi connectivity index (χ2n) is 4.47. The fraction of sp³-hybridized carbons (Fsp3) is 0.750. The molecule has 0 aliphatic rings. The minimum atomic E-state index is -0.216. The third-order valence-electron chi connectivity index (χ3n) is 2.76. The zero-order valence-corrected chi connectivity index (χ0v) is 11.5. The number of amides is 1. The normalized spacial score (nSPS) is 14.2. The van der Waals surface area contributed by atoms with E-state index >= 15 is 0 Å². The molecule has 0 aliphatic heterocycles. The predicted octanol–water partition coefficient (Wildman–Crippen LogP) is 0.813. The van der Waals surface area contributed by atoms with Crippen molar-refractivity contribution in [2.75, 3.05) is 6.54 Å². The van der Waals surface area contributed by atoms with Gasteiger partial charge in [-0.15, -0.1) is 0 Å². The molecule has 0 saturated heterocycles. The van der Waals surface area contributed by atoms with Crippen LogP contribution >= 0.6 is 0 Å². The molecular weight excluding hydrogens is 232 g/mol. The van der Waals surface area contributed by atoms with E-state index in [1.807, 2.05) is 20.8 Å². The van der Waals surface area contributed by atoms with Crippen molar-refractivity contribution in [2.45, 2.75) is 52.6 Å². The predicted molar refractivity (Wildman–Crippen MR) is 68.1 cm³/mol. The first-order valence-corrected chi connectivity index (χ1v) is 6.35. The number of hydrogen-bond donors (Lipinski definition) is 2. The van der Waals surface area contributed by atoms with Crippen molar-refractivity contribution >= 4 is 5.91 Å². The van der Waals surface area contributed by atoms with Crippen LogP contribution in [-0.2, 0) is 11.2 Å². The lowest BCUT2D eigenvalue weighted by atomic mass is 10.2. The van der Waals surface area contributed by atoms with Gasteiger partial charge in [0.05, 0.1) is 6.04 Å². The molecule has 18 heavy (non-hydrogen) atoms. The zero-order valence-electron chi connectivity index (χ0n) is 11.5. The maximum atomic E-state index is 11.7. The summed E-state index contributed by atoms with van der Waals surface area (Å²) in [5.74, 6) is 1.25. The van der Waals surface area contributed by atoms with Gasteiger partial charge < -0.3 is 15.2 Å². The van der Waals surface area contributed by atoms with E-state index < -0.39 is 0 Å². The lowest BCUT2D eigenvalue weighted by molar-refractivity contribution is -0.123. The van der Waals surface area contributed by atoms with Gasteiger partial charge in [-0.1, -0.05) is 12.1 Å². The highest BCUT2D eigenvalue weighted by atomic mass is 16.5. The Morgan fingerprint density at radius 2 is 2.17 bits per heavy atom. The fourth-order valence-corrected chi connectivity index (χ4v) is 1.41. The SMILES string of the molecule is CCC(C)NC(=O)C(C)NCCc1noc(C)n1. The molecule has 2 unspecified atom stereocenters. The van der Waals surface area contributed by atoms with Crippen LogP contribution in [0.5, 0.6) is 0 Å². The summed E-state index contributed by atoms with van der Waals surface area (Å²) in [6.45, 7) is 8.29. The van der Waals surface area contributed by atoms with Crippen molar-refractivity contribution in [3.63, 3.8) is 0 Å². The van der Waals surface area contributed by atoms with Crippen molar-refractivity contribution in [1.29, 1.82) is 0 Å². The smallest absolute Gasteiger partial charge is 0.237 e. The second kappa shape index (κ2) is 7.10. The number of nitrogens with one attached hydrogen (secondary N) is 2. The van der Waals surface area contributed by atoms with Crippen LogP contribution in [0.3, 0.4) is 0 Å². The number of hydrogen-bond acceptors (Lipinski definition) is 5. The number of aromatic nitrogens is 2. The third-order valence-corrected chi connectivity index (χ3v) is 2.76. The van der Waals surface area contributed by atoms with Gasteiger partial charge in [0.15, 0.2) is 5.82 Å². The Balaban J connectivity index is 2.24. The molecule has 1 heterocycles. The monoisotopic (exact) mass is 254 g/mol. The van der Waals surface area contributed by atoms with Crippen LogP contribution in [-0.4, -0.2) is 34.7 Å². The molecular formula is C12H22N4O2. The number of aryl methyl sites for hydroxylation is 1. The molecule has 1 aromatic heterocycles. The number of nitrogens with zero attached hydrogens (tertiary/aromatic N) is 2. The van der Waals surface area contributed by atoms with Gasteiger partial charge in [0.25, 0.3) is 0 Å². The third kappa shape index (κ3) is 4.83. The van der Waals surface area contributed by atoms with E-state index in [0.29, 0.717) is 24.7 Å². The van der Waals surface area contributed by atoms with E-state index in [4.69, 9.17) is 4.52 Å². The van der Waals surface area contributed by atoms with Gasteiger partial charge in [0.2, 0.25) is 11.8 Å². The molecule has 0 bridgehead atoms. The van der Waals surface area contributed by atoms with Crippen molar-refractivity contribution in [3.05, 3.63) is 11.7 Å². The molecule has 102 valence electrons. The summed E-state index contributed by atoms with van der Waals surface area (Å²) < 4.78 is 4.87. The maximum Gasteiger partial charge on any atom is 0.237 e. The maximum absolute atomic E-state index is 11.7. The van der Waals surface area contributed by atoms with Gasteiger partial charge in [0.1, 0.15) is 0 Å². The molecule has 0 aliphatic carbocycles. The quantitative estimate of drug-likeness (QED) is 0.753. The van der Waals surface area contributed by atoms with Crippen molar-refractivity contribution in [3.8, 4) is 0 Å². The molecule has 0 radical (unpaired) electrons. The largest absolute Gasteiger partial charge is 0.352 e. The van der Waals surface area contributed by atoms with E-state index in [2.05, 4.69) is 20.8 Å². The first kappa shape index (κ1) is 14.6. The van der Waals surface area contributed by atoms with Gasteiger partial charge in [-0.3, -0.25) is 4.79 Å². The van der Waals surface area contributed by atoms with Crippen LogP contribution in [0.25, 0.3) is 0 Å². The van der Waals surface area contributed by atoms with E-state index in [0.717, 1.165) is 6.42 Å². The number of carbonyl (C=O) groups excluding carboxylic acids is 1. The first-order chi connectivity index (χ1) is 8.52. The standard InChI is InChI=1S/C12H22N4O2/c1-5-8(2)14-12(17)9(3)13-7-6-11-15-10(4)18-16-11/h8-9,13H,5-7H2,1-4H3,(H,14,17). The Hall–Kier alpha value is -1.43. The van der Waals surface area contributed by atoms with E-state index in [-0.39, 0.29) is 18.0 Å². The molecule has 0 aromatic carbocycles. The zero-order chi connectivity index (χ0) is 13.5. The number of rotatable bonds is 7. The Kier molecular flexibility index (Phi) is 5.77. The summed E-state index contributed by atoms with van der Waals surface area (Å²) >= 11 is 0. The number of carbonyl (C=O) groups is 1.